The van der Waals surface area contributed by atoms with Gasteiger partial charge in [0.15, 0.2) is 6.10 Å². The van der Waals surface area contributed by atoms with Gasteiger partial charge in [-0.2, -0.15) is 0 Å². The monoisotopic (exact) mass is 1060 g/mol. The van der Waals surface area contributed by atoms with E-state index in [1.165, 1.54) is 167 Å². The third-order valence-corrected chi connectivity index (χ3v) is 14.1. The second-order valence-electron chi connectivity index (χ2n) is 21.6. The number of hydrogen-bond acceptors (Lipinski definition) is 6. The lowest BCUT2D eigenvalue weighted by atomic mass is 10.0. The lowest BCUT2D eigenvalue weighted by molar-refractivity contribution is -0.167. The number of hydrogen-bond donors (Lipinski definition) is 0. The van der Waals surface area contributed by atoms with Crippen molar-refractivity contribution in [1.82, 2.24) is 0 Å². The molecular weight excluding hydrogens is 937 g/mol. The van der Waals surface area contributed by atoms with Gasteiger partial charge in [-0.15, -0.1) is 0 Å². The van der Waals surface area contributed by atoms with Crippen LogP contribution < -0.4 is 0 Å². The molecule has 0 aliphatic carbocycles. The Bertz CT molecular complexity index is 1450. The van der Waals surface area contributed by atoms with E-state index in [9.17, 15) is 14.4 Å². The van der Waals surface area contributed by atoms with Crippen LogP contribution in [0.4, 0.5) is 0 Å². The van der Waals surface area contributed by atoms with Crippen LogP contribution in [0.5, 0.6) is 0 Å². The van der Waals surface area contributed by atoms with E-state index in [0.717, 1.165) is 116 Å². The Morgan fingerprint density at radius 3 is 0.816 bits per heavy atom. The molecule has 0 rings (SSSR count). The lowest BCUT2D eigenvalue weighted by Gasteiger charge is -2.18. The highest BCUT2D eigenvalue weighted by atomic mass is 16.6. The van der Waals surface area contributed by atoms with Crippen molar-refractivity contribution < 1.29 is 28.6 Å². The van der Waals surface area contributed by atoms with E-state index in [0.29, 0.717) is 19.3 Å². The molecule has 0 aliphatic rings. The van der Waals surface area contributed by atoms with Crippen molar-refractivity contribution in [1.29, 1.82) is 0 Å². The molecule has 438 valence electrons. The Balaban J connectivity index is 4.38. The second-order valence-corrected chi connectivity index (χ2v) is 21.6. The molecule has 0 heterocycles. The Morgan fingerprint density at radius 1 is 0.276 bits per heavy atom. The highest BCUT2D eigenvalue weighted by Gasteiger charge is 2.19. The van der Waals surface area contributed by atoms with Crippen molar-refractivity contribution in [3.05, 3.63) is 85.1 Å². The molecule has 0 amide bonds. The first-order valence-corrected chi connectivity index (χ1v) is 32.6. The molecular formula is C70H122O6. The minimum Gasteiger partial charge on any atom is -0.462 e. The topological polar surface area (TPSA) is 78.9 Å². The highest BCUT2D eigenvalue weighted by molar-refractivity contribution is 5.71. The molecule has 0 aliphatic heterocycles. The van der Waals surface area contributed by atoms with Crippen LogP contribution >= 0.6 is 0 Å². The Hall–Kier alpha value is -3.41. The van der Waals surface area contributed by atoms with Gasteiger partial charge in [-0.1, -0.05) is 292 Å². The van der Waals surface area contributed by atoms with Crippen LogP contribution in [0.2, 0.25) is 0 Å². The molecule has 0 saturated heterocycles. The summed E-state index contributed by atoms with van der Waals surface area (Å²) in [5.41, 5.74) is 0. The minimum absolute atomic E-state index is 0.0827. The summed E-state index contributed by atoms with van der Waals surface area (Å²) < 4.78 is 16.9. The van der Waals surface area contributed by atoms with Gasteiger partial charge in [0.05, 0.1) is 0 Å². The molecule has 0 radical (unpaired) electrons. The van der Waals surface area contributed by atoms with Crippen molar-refractivity contribution in [2.24, 2.45) is 0 Å². The van der Waals surface area contributed by atoms with Gasteiger partial charge >= 0.3 is 17.9 Å². The molecule has 0 N–H and O–H groups in total. The van der Waals surface area contributed by atoms with Gasteiger partial charge in [-0.25, -0.2) is 0 Å². The van der Waals surface area contributed by atoms with Crippen LogP contribution in [0, 0.1) is 0 Å². The number of rotatable bonds is 59. The molecule has 0 bridgehead atoms. The zero-order valence-corrected chi connectivity index (χ0v) is 50.3. The van der Waals surface area contributed by atoms with Crippen LogP contribution in [-0.4, -0.2) is 37.2 Å². The number of carbonyl (C=O) groups is 3. The van der Waals surface area contributed by atoms with Crippen LogP contribution in [-0.2, 0) is 28.6 Å². The molecule has 6 nitrogen and oxygen atoms in total. The second kappa shape index (κ2) is 64.1. The zero-order valence-electron chi connectivity index (χ0n) is 50.3. The summed E-state index contributed by atoms with van der Waals surface area (Å²) in [6.45, 7) is 6.55. The SMILES string of the molecule is CC/C=C\C/C=C\C/C=C\C/C=C\C/C=C\C/C=C\CCCCCCCCC(=O)OCC(COC(=O)CCCCCCC/C=C\CCCCCCCCC)OC(=O)CCCCCCCCCCCCCCCCCCC. The smallest absolute Gasteiger partial charge is 0.306 e. The molecule has 0 fully saturated rings. The summed E-state index contributed by atoms with van der Waals surface area (Å²) >= 11 is 0. The van der Waals surface area contributed by atoms with E-state index < -0.39 is 6.10 Å². The molecule has 1 atom stereocenters. The van der Waals surface area contributed by atoms with E-state index in [1.54, 1.807) is 0 Å². The molecule has 6 heteroatoms. The van der Waals surface area contributed by atoms with Crippen LogP contribution in [0.1, 0.15) is 323 Å². The molecule has 76 heavy (non-hydrogen) atoms. The standard InChI is InChI=1S/C70H122O6/c1-4-7-10-13-16-19-22-25-28-31-32-33-34-35-36-37-38-40-42-45-48-51-54-57-60-63-69(72)75-66-67(65-74-68(71)62-59-56-53-50-47-44-41-30-27-24-21-18-15-12-9-6-3)76-70(73)64-61-58-55-52-49-46-43-39-29-26-23-20-17-14-11-8-5-2/h7,10,16,19,25,28,30,32-33,35-36,38,40-41,67H,4-6,8-9,11-15,17-18,20-24,26-27,29,31,34,37,39,42-66H2,1-3H3/b10-7-,19-16-,28-25-,33-32-,36-35-,40-38-,41-30-. The van der Waals surface area contributed by atoms with Gasteiger partial charge in [0.2, 0.25) is 0 Å². The first-order valence-electron chi connectivity index (χ1n) is 32.6. The van der Waals surface area contributed by atoms with Gasteiger partial charge in [-0.05, 0) is 96.3 Å². The Morgan fingerprint density at radius 2 is 0.513 bits per heavy atom. The molecule has 0 spiro atoms. The third-order valence-electron chi connectivity index (χ3n) is 14.1. The first kappa shape index (κ1) is 72.6. The predicted molar refractivity (Wildman–Crippen MR) is 330 cm³/mol. The molecule has 0 aromatic carbocycles. The largest absolute Gasteiger partial charge is 0.462 e. The summed E-state index contributed by atoms with van der Waals surface area (Å²) in [6, 6.07) is 0. The Labute approximate surface area is 471 Å². The number of allylic oxidation sites excluding steroid dienone is 14. The predicted octanol–water partition coefficient (Wildman–Crippen LogP) is 22.3. The van der Waals surface area contributed by atoms with Gasteiger partial charge in [0, 0.05) is 19.3 Å². The van der Waals surface area contributed by atoms with E-state index in [4.69, 9.17) is 14.2 Å². The maximum absolute atomic E-state index is 12.9. The van der Waals surface area contributed by atoms with Gasteiger partial charge in [0.25, 0.3) is 0 Å². The summed E-state index contributed by atoms with van der Waals surface area (Å²) in [4.78, 5) is 38.3. The molecule has 0 aromatic rings. The van der Waals surface area contributed by atoms with Gasteiger partial charge in [-0.3, -0.25) is 14.4 Å². The molecule has 0 saturated carbocycles. The van der Waals surface area contributed by atoms with Crippen molar-refractivity contribution in [2.45, 2.75) is 329 Å². The van der Waals surface area contributed by atoms with E-state index in [1.807, 2.05) is 0 Å². The number of unbranched alkanes of at least 4 members (excludes halogenated alkanes) is 34. The number of ether oxygens (including phenoxy) is 3. The van der Waals surface area contributed by atoms with Crippen molar-refractivity contribution in [2.75, 3.05) is 13.2 Å². The summed E-state index contributed by atoms with van der Waals surface area (Å²) in [7, 11) is 0. The number of carbonyl (C=O) groups excluding carboxylic acids is 3. The quantitative estimate of drug-likeness (QED) is 0.0261. The Kier molecular flexibility index (Phi) is 61.2. The average molecular weight is 1060 g/mol. The third kappa shape index (κ3) is 61.4. The van der Waals surface area contributed by atoms with Gasteiger partial charge in [0.1, 0.15) is 13.2 Å². The fourth-order valence-electron chi connectivity index (χ4n) is 9.27. The van der Waals surface area contributed by atoms with Crippen molar-refractivity contribution in [3.8, 4) is 0 Å². The average Bonchev–Trinajstić information content (AvgIpc) is 3.42. The van der Waals surface area contributed by atoms with Crippen molar-refractivity contribution >= 4 is 17.9 Å². The summed E-state index contributed by atoms with van der Waals surface area (Å²) in [5.74, 6) is -0.889. The van der Waals surface area contributed by atoms with Gasteiger partial charge < -0.3 is 14.2 Å². The highest BCUT2D eigenvalue weighted by Crippen LogP contribution is 2.17. The number of esters is 3. The fourth-order valence-corrected chi connectivity index (χ4v) is 9.27. The van der Waals surface area contributed by atoms with Crippen LogP contribution in [0.25, 0.3) is 0 Å². The zero-order chi connectivity index (χ0) is 55.0. The van der Waals surface area contributed by atoms with Crippen LogP contribution in [0.15, 0.2) is 85.1 Å². The minimum atomic E-state index is -0.786. The molecule has 0 aromatic heterocycles. The maximum Gasteiger partial charge on any atom is 0.306 e. The van der Waals surface area contributed by atoms with E-state index in [-0.39, 0.29) is 31.1 Å². The molecule has 1 unspecified atom stereocenters. The summed E-state index contributed by atoms with van der Waals surface area (Å²) in [6.07, 6.45) is 84.4. The maximum atomic E-state index is 12.9. The normalized spacial score (nSPS) is 12.6. The van der Waals surface area contributed by atoms with E-state index in [2.05, 4.69) is 106 Å². The first-order chi connectivity index (χ1) is 37.5. The lowest BCUT2D eigenvalue weighted by Crippen LogP contribution is -2.30. The van der Waals surface area contributed by atoms with E-state index >= 15 is 0 Å². The summed E-state index contributed by atoms with van der Waals surface area (Å²) in [5, 5.41) is 0. The fraction of sp³-hybridized carbons (Fsp3) is 0.757. The van der Waals surface area contributed by atoms with Crippen LogP contribution in [0.3, 0.4) is 0 Å². The van der Waals surface area contributed by atoms with Crippen molar-refractivity contribution in [3.63, 3.8) is 0 Å².